The van der Waals surface area contributed by atoms with Gasteiger partial charge in [-0.2, -0.15) is 0 Å². The molecule has 0 aromatic heterocycles. The van der Waals surface area contributed by atoms with E-state index in [2.05, 4.69) is 44.5 Å². The molecule has 6 rings (SSSR count). The van der Waals surface area contributed by atoms with E-state index in [0.717, 1.165) is 36.6 Å². The molecule has 0 radical (unpaired) electrons. The smallest absolute Gasteiger partial charge is 0.0576 e. The van der Waals surface area contributed by atoms with E-state index in [4.69, 9.17) is 0 Å². The first kappa shape index (κ1) is 24.2. The van der Waals surface area contributed by atoms with E-state index in [1.165, 1.54) is 81.8 Å². The largest absolute Gasteiger partial charge is 0.396 e. The first-order chi connectivity index (χ1) is 16.8. The summed E-state index contributed by atoms with van der Waals surface area (Å²) in [5.74, 6) is 4.45. The Bertz CT molecular complexity index is 948. The summed E-state index contributed by atoms with van der Waals surface area (Å²) in [5, 5.41) is 10.2. The molecule has 35 heavy (non-hydrogen) atoms. The summed E-state index contributed by atoms with van der Waals surface area (Å²) in [7, 11) is 0. The summed E-state index contributed by atoms with van der Waals surface area (Å²) in [6.07, 6.45) is 23.3. The monoisotopic (exact) mass is 475 g/mol. The molecule has 4 saturated carbocycles. The van der Waals surface area contributed by atoms with E-state index in [1.807, 2.05) is 11.8 Å². The molecule has 7 unspecified atom stereocenters. The Labute approximate surface area is 214 Å². The minimum atomic E-state index is 0.313. The van der Waals surface area contributed by atoms with Gasteiger partial charge in [0.05, 0.1) is 6.54 Å². The number of rotatable bonds is 6. The first-order valence-electron chi connectivity index (χ1n) is 15.0. The second-order valence-corrected chi connectivity index (χ2v) is 14.4. The van der Waals surface area contributed by atoms with Crippen molar-refractivity contribution in [2.24, 2.45) is 56.7 Å². The summed E-state index contributed by atoms with van der Waals surface area (Å²) in [5.41, 5.74) is 5.80. The second kappa shape index (κ2) is 8.71. The van der Waals surface area contributed by atoms with Crippen LogP contribution in [0.1, 0.15) is 97.8 Å². The van der Waals surface area contributed by atoms with Crippen LogP contribution in [-0.2, 0) is 0 Å². The van der Waals surface area contributed by atoms with Gasteiger partial charge in [-0.3, -0.25) is 4.99 Å². The zero-order chi connectivity index (χ0) is 24.4. The quantitative estimate of drug-likeness (QED) is 0.415. The second-order valence-electron chi connectivity index (χ2n) is 14.4. The molecule has 1 spiro atoms. The maximum atomic E-state index is 10.2. The molecule has 4 fully saturated rings. The van der Waals surface area contributed by atoms with Crippen molar-refractivity contribution in [3.8, 4) is 0 Å². The number of aliphatic hydroxyl groups is 1. The summed E-state index contributed by atoms with van der Waals surface area (Å²) >= 11 is 0. The number of hydrogen-bond donors (Lipinski definition) is 1. The van der Waals surface area contributed by atoms with E-state index in [1.54, 1.807) is 0 Å². The maximum absolute atomic E-state index is 10.2. The summed E-state index contributed by atoms with van der Waals surface area (Å²) in [6.45, 7) is 13.6. The van der Waals surface area contributed by atoms with Crippen molar-refractivity contribution < 1.29 is 5.11 Å². The standard InChI is InChI=1S/C33H49NO/c1-22-16-28-32(4,30-29(22)31(30,2)3)27(26-8-6-5-7-9-26)11-14-33(28)13-10-23(19-33)17-25(21-35)18-24-12-15-34-20-24/h12,16,20,23,25-27,29-30,35H,1,5-11,13-15,17-19,21H2,2-4H3. The molecular formula is C33H49NO. The fourth-order valence-corrected chi connectivity index (χ4v) is 10.8. The van der Waals surface area contributed by atoms with Crippen LogP contribution in [0.2, 0.25) is 0 Å². The van der Waals surface area contributed by atoms with Crippen LogP contribution in [0.15, 0.2) is 40.4 Å². The van der Waals surface area contributed by atoms with Crippen molar-refractivity contribution >= 4 is 6.21 Å². The molecule has 0 amide bonds. The van der Waals surface area contributed by atoms with Gasteiger partial charge < -0.3 is 5.11 Å². The molecule has 2 heteroatoms. The molecule has 0 saturated heterocycles. The average molecular weight is 476 g/mol. The number of aliphatic hydroxyl groups excluding tert-OH is 1. The number of aliphatic imine (C=N–C) groups is 1. The van der Waals surface area contributed by atoms with Crippen LogP contribution in [0.25, 0.3) is 0 Å². The van der Waals surface area contributed by atoms with Crippen LogP contribution < -0.4 is 0 Å². The van der Waals surface area contributed by atoms with Crippen LogP contribution in [0.3, 0.4) is 0 Å². The fraction of sp³-hybridized carbons (Fsp3) is 0.788. The number of hydrogen-bond acceptors (Lipinski definition) is 2. The van der Waals surface area contributed by atoms with E-state index in [0.29, 0.717) is 34.7 Å². The molecule has 0 aromatic rings. The van der Waals surface area contributed by atoms with Gasteiger partial charge in [0.25, 0.3) is 0 Å². The highest BCUT2D eigenvalue weighted by molar-refractivity contribution is 5.80. The van der Waals surface area contributed by atoms with Crippen molar-refractivity contribution in [1.29, 1.82) is 0 Å². The molecule has 1 aliphatic heterocycles. The summed E-state index contributed by atoms with van der Waals surface area (Å²) < 4.78 is 0. The molecule has 1 heterocycles. The van der Waals surface area contributed by atoms with Gasteiger partial charge in [0.1, 0.15) is 0 Å². The van der Waals surface area contributed by atoms with E-state index in [9.17, 15) is 5.11 Å². The highest BCUT2D eigenvalue weighted by Gasteiger charge is 2.72. The van der Waals surface area contributed by atoms with Gasteiger partial charge in [0, 0.05) is 12.8 Å². The SMILES string of the molecule is C=C1C=C2C3(CCC(CC(CO)CC4=CCN=C4)C3)CCC(C3CCCCC3)C2(C)C2C1C2(C)C. The lowest BCUT2D eigenvalue weighted by atomic mass is 9.47. The van der Waals surface area contributed by atoms with E-state index >= 15 is 0 Å². The number of fused-ring (bicyclic) bond motifs is 4. The Hall–Kier alpha value is -1.15. The van der Waals surface area contributed by atoms with Gasteiger partial charge in [-0.1, -0.05) is 82.8 Å². The Balaban J connectivity index is 1.26. The van der Waals surface area contributed by atoms with Crippen LogP contribution in [0.4, 0.5) is 0 Å². The van der Waals surface area contributed by atoms with Crippen molar-refractivity contribution in [3.05, 3.63) is 35.5 Å². The number of nitrogens with zero attached hydrogens (tertiary/aromatic N) is 1. The normalized spacial score (nSPS) is 43.0. The van der Waals surface area contributed by atoms with E-state index < -0.39 is 0 Å². The summed E-state index contributed by atoms with van der Waals surface area (Å²) in [4.78, 5) is 4.37. The van der Waals surface area contributed by atoms with E-state index in [-0.39, 0.29) is 0 Å². The molecule has 192 valence electrons. The van der Waals surface area contributed by atoms with Crippen molar-refractivity contribution in [3.63, 3.8) is 0 Å². The predicted molar refractivity (Wildman–Crippen MR) is 146 cm³/mol. The Kier molecular flexibility index (Phi) is 6.02. The topological polar surface area (TPSA) is 32.6 Å². The Morgan fingerprint density at radius 2 is 1.86 bits per heavy atom. The van der Waals surface area contributed by atoms with Crippen LogP contribution >= 0.6 is 0 Å². The third kappa shape index (κ3) is 3.79. The third-order valence-corrected chi connectivity index (χ3v) is 12.2. The van der Waals surface area contributed by atoms with Gasteiger partial charge in [-0.05, 0) is 102 Å². The lowest BCUT2D eigenvalue weighted by molar-refractivity contribution is 0.0121. The van der Waals surface area contributed by atoms with Gasteiger partial charge >= 0.3 is 0 Å². The molecule has 6 aliphatic rings. The molecular weight excluding hydrogens is 426 g/mol. The Morgan fingerprint density at radius 3 is 2.57 bits per heavy atom. The molecule has 0 aromatic carbocycles. The molecule has 2 nitrogen and oxygen atoms in total. The van der Waals surface area contributed by atoms with Gasteiger partial charge in [0.15, 0.2) is 0 Å². The molecule has 1 N–H and O–H groups in total. The fourth-order valence-electron chi connectivity index (χ4n) is 10.8. The van der Waals surface area contributed by atoms with Crippen LogP contribution in [0, 0.1) is 51.8 Å². The molecule has 7 atom stereocenters. The maximum Gasteiger partial charge on any atom is 0.0576 e. The lowest BCUT2D eigenvalue weighted by Gasteiger charge is -2.57. The highest BCUT2D eigenvalue weighted by Crippen LogP contribution is 2.79. The van der Waals surface area contributed by atoms with Crippen LogP contribution in [-0.4, -0.2) is 24.5 Å². The van der Waals surface area contributed by atoms with Gasteiger partial charge in [-0.15, -0.1) is 0 Å². The van der Waals surface area contributed by atoms with Gasteiger partial charge in [0.2, 0.25) is 0 Å². The number of allylic oxidation sites excluding steroid dienone is 4. The van der Waals surface area contributed by atoms with Crippen molar-refractivity contribution in [1.82, 2.24) is 0 Å². The van der Waals surface area contributed by atoms with Crippen LogP contribution in [0.5, 0.6) is 0 Å². The third-order valence-electron chi connectivity index (χ3n) is 12.2. The first-order valence-corrected chi connectivity index (χ1v) is 15.0. The average Bonchev–Trinajstić information content (AvgIpc) is 3.20. The Morgan fingerprint density at radius 1 is 1.09 bits per heavy atom. The molecule has 0 bridgehead atoms. The van der Waals surface area contributed by atoms with Gasteiger partial charge in [-0.25, -0.2) is 0 Å². The summed E-state index contributed by atoms with van der Waals surface area (Å²) in [6, 6.07) is 0. The zero-order valence-corrected chi connectivity index (χ0v) is 22.7. The minimum absolute atomic E-state index is 0.313. The highest BCUT2D eigenvalue weighted by atomic mass is 16.3. The lowest BCUT2D eigenvalue weighted by Crippen LogP contribution is -2.49. The zero-order valence-electron chi connectivity index (χ0n) is 22.7. The minimum Gasteiger partial charge on any atom is -0.396 e. The predicted octanol–water partition coefficient (Wildman–Crippen LogP) is 7.94. The van der Waals surface area contributed by atoms with Crippen molar-refractivity contribution in [2.75, 3.05) is 13.2 Å². The van der Waals surface area contributed by atoms with Crippen molar-refractivity contribution in [2.45, 2.75) is 97.8 Å². The molecule has 5 aliphatic carbocycles.